The molecule has 1 aromatic rings. The Labute approximate surface area is 160 Å². The maximum absolute atomic E-state index is 12.9. The second kappa shape index (κ2) is 7.85. The minimum Gasteiger partial charge on any atom is -0.468 e. The maximum Gasteiger partial charge on any atom is 0.424 e. The Morgan fingerprint density at radius 3 is 2.22 bits per heavy atom. The number of carbonyl (C=O) groups excluding carboxylic acids is 2. The van der Waals surface area contributed by atoms with E-state index < -0.39 is 28.3 Å². The molecule has 1 aliphatic rings. The number of methoxy groups -OCH3 is 2. The van der Waals surface area contributed by atoms with Crippen LogP contribution in [0.1, 0.15) is 31.9 Å². The number of benzene rings is 1. The quantitative estimate of drug-likeness (QED) is 0.720. The number of rotatable bonds is 4. The SMILES string of the molecule is COC(=O)[C@@H]1CN(C(=O)OC)S(=O)(=O)N1Cc1ccccc1CC(C)(C)C. The highest BCUT2D eigenvalue weighted by Crippen LogP contribution is 2.29. The van der Waals surface area contributed by atoms with E-state index in [4.69, 9.17) is 4.74 Å². The summed E-state index contributed by atoms with van der Waals surface area (Å²) in [6.07, 6.45) is -0.296. The molecule has 9 heteroatoms. The van der Waals surface area contributed by atoms with Crippen molar-refractivity contribution in [3.8, 4) is 0 Å². The first-order valence-electron chi connectivity index (χ1n) is 8.53. The molecule has 1 aliphatic heterocycles. The molecule has 2 rings (SSSR count). The van der Waals surface area contributed by atoms with Gasteiger partial charge in [-0.1, -0.05) is 45.0 Å². The number of hydrogen-bond donors (Lipinski definition) is 0. The van der Waals surface area contributed by atoms with Gasteiger partial charge in [0.2, 0.25) is 0 Å². The van der Waals surface area contributed by atoms with Gasteiger partial charge in [-0.15, -0.1) is 0 Å². The predicted molar refractivity (Wildman–Crippen MR) is 99.0 cm³/mol. The van der Waals surface area contributed by atoms with Gasteiger partial charge in [-0.2, -0.15) is 17.0 Å². The van der Waals surface area contributed by atoms with Gasteiger partial charge in [-0.25, -0.2) is 4.79 Å². The molecule has 1 saturated heterocycles. The van der Waals surface area contributed by atoms with Crippen LogP contribution in [0.4, 0.5) is 4.79 Å². The van der Waals surface area contributed by atoms with Gasteiger partial charge in [0.1, 0.15) is 6.04 Å². The summed E-state index contributed by atoms with van der Waals surface area (Å²) in [6.45, 7) is 5.89. The molecule has 0 N–H and O–H groups in total. The van der Waals surface area contributed by atoms with E-state index >= 15 is 0 Å². The van der Waals surface area contributed by atoms with E-state index in [-0.39, 0.29) is 18.5 Å². The van der Waals surface area contributed by atoms with E-state index in [1.165, 1.54) is 7.11 Å². The monoisotopic (exact) mass is 398 g/mol. The Balaban J connectivity index is 2.43. The van der Waals surface area contributed by atoms with Crippen molar-refractivity contribution in [3.05, 3.63) is 35.4 Å². The first-order valence-corrected chi connectivity index (χ1v) is 9.93. The van der Waals surface area contributed by atoms with Crippen molar-refractivity contribution in [2.75, 3.05) is 20.8 Å². The molecule has 8 nitrogen and oxygen atoms in total. The van der Waals surface area contributed by atoms with Gasteiger partial charge in [-0.3, -0.25) is 4.79 Å². The van der Waals surface area contributed by atoms with Crippen molar-refractivity contribution < 1.29 is 27.5 Å². The molecule has 0 aromatic heterocycles. The molecule has 1 aromatic carbocycles. The minimum absolute atomic E-state index is 0.000208. The molecule has 0 radical (unpaired) electrons. The topological polar surface area (TPSA) is 93.2 Å². The summed E-state index contributed by atoms with van der Waals surface area (Å²) >= 11 is 0. The second-order valence-electron chi connectivity index (χ2n) is 7.60. The molecule has 1 fully saturated rings. The van der Waals surface area contributed by atoms with Crippen LogP contribution in [0.5, 0.6) is 0 Å². The number of nitrogens with zero attached hydrogens (tertiary/aromatic N) is 2. The largest absolute Gasteiger partial charge is 0.468 e. The van der Waals surface area contributed by atoms with Gasteiger partial charge >= 0.3 is 22.3 Å². The lowest BCUT2D eigenvalue weighted by atomic mass is 9.86. The summed E-state index contributed by atoms with van der Waals surface area (Å²) < 4.78 is 36.6. The Bertz CT molecular complexity index is 815. The fourth-order valence-electron chi connectivity index (χ4n) is 3.04. The average Bonchev–Trinajstić information content (AvgIpc) is 2.85. The van der Waals surface area contributed by atoms with E-state index in [0.717, 1.165) is 29.0 Å². The van der Waals surface area contributed by atoms with Crippen LogP contribution in [0.2, 0.25) is 0 Å². The fraction of sp³-hybridized carbons (Fsp3) is 0.556. The van der Waals surface area contributed by atoms with Gasteiger partial charge in [0, 0.05) is 6.54 Å². The van der Waals surface area contributed by atoms with Gasteiger partial charge in [0.15, 0.2) is 0 Å². The maximum atomic E-state index is 12.9. The molecule has 1 amide bonds. The van der Waals surface area contributed by atoms with Gasteiger partial charge in [-0.05, 0) is 23.0 Å². The van der Waals surface area contributed by atoms with Crippen molar-refractivity contribution in [3.63, 3.8) is 0 Å². The molecule has 150 valence electrons. The van der Waals surface area contributed by atoms with Crippen molar-refractivity contribution in [2.24, 2.45) is 5.41 Å². The summed E-state index contributed by atoms with van der Waals surface area (Å²) in [4.78, 5) is 24.1. The summed E-state index contributed by atoms with van der Waals surface area (Å²) in [5.41, 5.74) is 1.76. The van der Waals surface area contributed by atoms with Gasteiger partial charge in [0.05, 0.1) is 20.8 Å². The lowest BCUT2D eigenvalue weighted by Gasteiger charge is -2.24. The Morgan fingerprint density at radius 2 is 1.70 bits per heavy atom. The number of esters is 1. The standard InChI is InChI=1S/C18H26N2O6S/c1-18(2,3)10-13-8-6-7-9-14(13)11-19-15(16(21)25-4)12-20(17(22)26-5)27(19,23)24/h6-9,15H,10-12H2,1-5H3/t15-/m0/s1. The number of hydrogen-bond acceptors (Lipinski definition) is 6. The van der Waals surface area contributed by atoms with Crippen molar-refractivity contribution in [1.29, 1.82) is 0 Å². The first kappa shape index (κ1) is 21.2. The van der Waals surface area contributed by atoms with E-state index in [1.807, 2.05) is 24.3 Å². The predicted octanol–water partition coefficient (Wildman–Crippen LogP) is 1.95. The third-order valence-electron chi connectivity index (χ3n) is 4.28. The highest BCUT2D eigenvalue weighted by molar-refractivity contribution is 7.87. The molecule has 0 saturated carbocycles. The third kappa shape index (κ3) is 4.59. The molecular weight excluding hydrogens is 372 g/mol. The molecule has 0 aliphatic carbocycles. The third-order valence-corrected chi connectivity index (χ3v) is 6.11. The molecule has 1 atom stereocenters. The van der Waals surface area contributed by atoms with E-state index in [2.05, 4.69) is 25.5 Å². The van der Waals surface area contributed by atoms with Crippen molar-refractivity contribution >= 4 is 22.3 Å². The van der Waals surface area contributed by atoms with Crippen molar-refractivity contribution in [1.82, 2.24) is 8.61 Å². The van der Waals surface area contributed by atoms with Crippen LogP contribution < -0.4 is 0 Å². The number of ether oxygens (including phenoxy) is 2. The summed E-state index contributed by atoms with van der Waals surface area (Å²) in [6, 6.07) is 6.35. The average molecular weight is 398 g/mol. The zero-order valence-corrected chi connectivity index (χ0v) is 17.1. The van der Waals surface area contributed by atoms with Crippen LogP contribution in [-0.2, 0) is 37.4 Å². The van der Waals surface area contributed by atoms with Crippen LogP contribution in [0.25, 0.3) is 0 Å². The summed E-state index contributed by atoms with van der Waals surface area (Å²) in [5, 5.41) is 0. The Morgan fingerprint density at radius 1 is 1.11 bits per heavy atom. The molecule has 27 heavy (non-hydrogen) atoms. The first-order chi connectivity index (χ1) is 12.5. The number of carbonyl (C=O) groups is 2. The van der Waals surface area contributed by atoms with Crippen LogP contribution in [0.15, 0.2) is 24.3 Å². The van der Waals surface area contributed by atoms with Gasteiger partial charge in [0.25, 0.3) is 0 Å². The zero-order chi connectivity index (χ0) is 20.4. The normalized spacial score (nSPS) is 19.7. The molecule has 0 unspecified atom stereocenters. The Kier molecular flexibility index (Phi) is 6.16. The molecular formula is C18H26N2O6S. The van der Waals surface area contributed by atoms with E-state index in [0.29, 0.717) is 4.31 Å². The van der Waals surface area contributed by atoms with Crippen LogP contribution >= 0.6 is 0 Å². The summed E-state index contributed by atoms with van der Waals surface area (Å²) in [5.74, 6) is -0.724. The van der Waals surface area contributed by atoms with Crippen molar-refractivity contribution in [2.45, 2.75) is 39.8 Å². The summed E-state index contributed by atoms with van der Waals surface area (Å²) in [7, 11) is -1.94. The van der Waals surface area contributed by atoms with Crippen LogP contribution in [0.3, 0.4) is 0 Å². The smallest absolute Gasteiger partial charge is 0.424 e. The fourth-order valence-corrected chi connectivity index (χ4v) is 4.67. The number of amides is 1. The molecule has 1 heterocycles. The van der Waals surface area contributed by atoms with Gasteiger partial charge < -0.3 is 9.47 Å². The molecule has 0 spiro atoms. The Hall–Kier alpha value is -2.13. The highest BCUT2D eigenvalue weighted by atomic mass is 32.2. The van der Waals surface area contributed by atoms with Crippen LogP contribution in [0, 0.1) is 5.41 Å². The van der Waals surface area contributed by atoms with E-state index in [9.17, 15) is 18.0 Å². The van der Waals surface area contributed by atoms with E-state index in [1.54, 1.807) is 0 Å². The highest BCUT2D eigenvalue weighted by Gasteiger charge is 2.50. The minimum atomic E-state index is -4.21. The van der Waals surface area contributed by atoms with Crippen LogP contribution in [-0.4, -0.2) is 55.9 Å². The molecule has 0 bridgehead atoms. The lowest BCUT2D eigenvalue weighted by molar-refractivity contribution is -0.144. The zero-order valence-electron chi connectivity index (χ0n) is 16.3. The second-order valence-corrected chi connectivity index (χ2v) is 9.40. The lowest BCUT2D eigenvalue weighted by Crippen LogP contribution is -2.40.